The van der Waals surface area contributed by atoms with Crippen LogP contribution in [0.4, 0.5) is 0 Å². The monoisotopic (exact) mass is 117 g/mol. The fourth-order valence-corrected chi connectivity index (χ4v) is 0.236. The summed E-state index contributed by atoms with van der Waals surface area (Å²) < 4.78 is 0. The number of hydrogen-bond acceptors (Lipinski definition) is 2. The summed E-state index contributed by atoms with van der Waals surface area (Å²) in [6.07, 6.45) is 0. The second-order valence-corrected chi connectivity index (χ2v) is 2.72. The summed E-state index contributed by atoms with van der Waals surface area (Å²) in [6, 6.07) is 0. The maximum atomic E-state index is 9.28. The van der Waals surface area contributed by atoms with Crippen LogP contribution < -0.4 is 5.73 Å². The average molecular weight is 117 g/mol. The van der Waals surface area contributed by atoms with Gasteiger partial charge in [-0.3, -0.25) is 0 Å². The van der Waals surface area contributed by atoms with E-state index in [1.54, 1.807) is 6.92 Å². The van der Waals surface area contributed by atoms with E-state index < -0.39 is 5.60 Å². The summed E-state index contributed by atoms with van der Waals surface area (Å²) in [6.45, 7) is 5.99. The van der Waals surface area contributed by atoms with E-state index in [4.69, 9.17) is 5.73 Å². The Labute approximate surface area is 50.7 Å². The van der Waals surface area contributed by atoms with Gasteiger partial charge >= 0.3 is 0 Å². The van der Waals surface area contributed by atoms with Gasteiger partial charge in [-0.2, -0.15) is 0 Å². The minimum Gasteiger partial charge on any atom is -0.389 e. The first-order chi connectivity index (χ1) is 3.50. The summed E-state index contributed by atoms with van der Waals surface area (Å²) in [4.78, 5) is 0. The van der Waals surface area contributed by atoms with Crippen LogP contribution in [-0.4, -0.2) is 17.3 Å². The first kappa shape index (κ1) is 7.92. The molecule has 0 saturated heterocycles. The van der Waals surface area contributed by atoms with Gasteiger partial charge in [-0.05, 0) is 12.8 Å². The van der Waals surface area contributed by atoms with Crippen LogP contribution in [0.5, 0.6) is 0 Å². The number of aliphatic hydroxyl groups is 1. The summed E-state index contributed by atoms with van der Waals surface area (Å²) in [5.41, 5.74) is 4.58. The molecule has 0 aromatic heterocycles. The van der Waals surface area contributed by atoms with Gasteiger partial charge in [-0.15, -0.1) is 0 Å². The maximum Gasteiger partial charge on any atom is 0.0764 e. The summed E-state index contributed by atoms with van der Waals surface area (Å²) in [7, 11) is 0. The fourth-order valence-electron chi connectivity index (χ4n) is 0.236. The molecule has 0 fully saturated rings. The molecule has 8 heavy (non-hydrogen) atoms. The van der Waals surface area contributed by atoms with Crippen molar-refractivity contribution >= 4 is 0 Å². The van der Waals surface area contributed by atoms with Crippen molar-refractivity contribution in [3.05, 3.63) is 0 Å². The first-order valence-electron chi connectivity index (χ1n) is 2.93. The second kappa shape index (κ2) is 2.46. The van der Waals surface area contributed by atoms with E-state index in [1.807, 2.05) is 13.8 Å². The van der Waals surface area contributed by atoms with Gasteiger partial charge in [-0.25, -0.2) is 0 Å². The Bertz CT molecular complexity index is 68.9. The zero-order valence-corrected chi connectivity index (χ0v) is 5.81. The van der Waals surface area contributed by atoms with Gasteiger partial charge in [0, 0.05) is 6.54 Å². The molecule has 0 aliphatic carbocycles. The molecule has 0 saturated carbocycles. The van der Waals surface area contributed by atoms with Gasteiger partial charge in [0.25, 0.3) is 0 Å². The first-order valence-corrected chi connectivity index (χ1v) is 2.93. The maximum absolute atomic E-state index is 9.28. The largest absolute Gasteiger partial charge is 0.389 e. The highest BCUT2D eigenvalue weighted by molar-refractivity contribution is 4.76. The lowest BCUT2D eigenvalue weighted by molar-refractivity contribution is 0.0225. The zero-order chi connectivity index (χ0) is 6.78. The molecule has 50 valence electrons. The summed E-state index contributed by atoms with van der Waals surface area (Å²) >= 11 is 0. The molecule has 0 aliphatic heterocycles. The molecule has 1 atom stereocenters. The van der Waals surface area contributed by atoms with E-state index in [1.165, 1.54) is 0 Å². The second-order valence-electron chi connectivity index (χ2n) is 2.72. The van der Waals surface area contributed by atoms with E-state index in [2.05, 4.69) is 0 Å². The van der Waals surface area contributed by atoms with Crippen LogP contribution in [0.2, 0.25) is 0 Å². The van der Waals surface area contributed by atoms with Gasteiger partial charge in [0.15, 0.2) is 0 Å². The van der Waals surface area contributed by atoms with Gasteiger partial charge in [0.2, 0.25) is 0 Å². The topological polar surface area (TPSA) is 46.2 Å². The van der Waals surface area contributed by atoms with Crippen LogP contribution in [0.15, 0.2) is 0 Å². The van der Waals surface area contributed by atoms with Crippen molar-refractivity contribution < 1.29 is 5.11 Å². The molecule has 0 aromatic rings. The molecule has 2 nitrogen and oxygen atoms in total. The highest BCUT2D eigenvalue weighted by Gasteiger charge is 2.21. The third-order valence-corrected chi connectivity index (χ3v) is 1.66. The zero-order valence-electron chi connectivity index (χ0n) is 5.81. The van der Waals surface area contributed by atoms with Gasteiger partial charge in [0.05, 0.1) is 5.60 Å². The average Bonchev–Trinajstić information content (AvgIpc) is 1.67. The predicted molar refractivity (Wildman–Crippen MR) is 34.5 cm³/mol. The van der Waals surface area contributed by atoms with Gasteiger partial charge in [-0.1, -0.05) is 13.8 Å². The van der Waals surface area contributed by atoms with Crippen molar-refractivity contribution in [3.8, 4) is 0 Å². The van der Waals surface area contributed by atoms with Crippen LogP contribution in [-0.2, 0) is 0 Å². The fraction of sp³-hybridized carbons (Fsp3) is 1.00. The molecule has 0 amide bonds. The van der Waals surface area contributed by atoms with Gasteiger partial charge in [0.1, 0.15) is 0 Å². The highest BCUT2D eigenvalue weighted by atomic mass is 16.3. The number of nitrogens with two attached hydrogens (primary N) is 1. The minimum absolute atomic E-state index is 0.243. The summed E-state index contributed by atoms with van der Waals surface area (Å²) in [5, 5.41) is 9.28. The quantitative estimate of drug-likeness (QED) is 0.548. The molecule has 0 rings (SSSR count). The lowest BCUT2D eigenvalue weighted by atomic mass is 9.93. The molecule has 0 unspecified atom stereocenters. The van der Waals surface area contributed by atoms with E-state index in [9.17, 15) is 5.11 Å². The Kier molecular flexibility index (Phi) is 2.44. The molecule has 0 radical (unpaired) electrons. The van der Waals surface area contributed by atoms with E-state index in [-0.39, 0.29) is 5.92 Å². The molecule has 2 heteroatoms. The van der Waals surface area contributed by atoms with Crippen molar-refractivity contribution in [2.75, 3.05) is 6.54 Å². The molecular weight excluding hydrogens is 102 g/mol. The van der Waals surface area contributed by atoms with E-state index in [0.29, 0.717) is 6.54 Å². The molecule has 0 aromatic carbocycles. The molecule has 0 bridgehead atoms. The Morgan fingerprint density at radius 2 is 2.00 bits per heavy atom. The van der Waals surface area contributed by atoms with Crippen LogP contribution >= 0.6 is 0 Å². The van der Waals surface area contributed by atoms with Crippen molar-refractivity contribution in [1.82, 2.24) is 0 Å². The lowest BCUT2D eigenvalue weighted by Crippen LogP contribution is -2.39. The molecule has 0 spiro atoms. The Hall–Kier alpha value is -0.0800. The van der Waals surface area contributed by atoms with Crippen molar-refractivity contribution in [2.24, 2.45) is 11.7 Å². The Morgan fingerprint density at radius 1 is 1.62 bits per heavy atom. The third kappa shape index (κ3) is 1.80. The van der Waals surface area contributed by atoms with Crippen LogP contribution in [0.1, 0.15) is 20.8 Å². The normalized spacial score (nSPS) is 18.8. The van der Waals surface area contributed by atoms with Crippen LogP contribution in [0.25, 0.3) is 0 Å². The molecule has 3 N–H and O–H groups in total. The van der Waals surface area contributed by atoms with E-state index in [0.717, 1.165) is 0 Å². The predicted octanol–water partition coefficient (Wildman–Crippen LogP) is 0.352. The van der Waals surface area contributed by atoms with Gasteiger partial charge < -0.3 is 10.8 Å². The molecule has 0 heterocycles. The van der Waals surface area contributed by atoms with Crippen LogP contribution in [0, 0.1) is 5.92 Å². The SMILES string of the molecule is CC(C)[C@@](C)(O)CN. The highest BCUT2D eigenvalue weighted by Crippen LogP contribution is 2.12. The smallest absolute Gasteiger partial charge is 0.0764 e. The van der Waals surface area contributed by atoms with Crippen molar-refractivity contribution in [3.63, 3.8) is 0 Å². The molecular formula is C6H15NO. The van der Waals surface area contributed by atoms with Crippen LogP contribution in [0.3, 0.4) is 0 Å². The van der Waals surface area contributed by atoms with E-state index >= 15 is 0 Å². The minimum atomic E-state index is -0.681. The lowest BCUT2D eigenvalue weighted by Gasteiger charge is -2.25. The third-order valence-electron chi connectivity index (χ3n) is 1.66. The number of hydrogen-bond donors (Lipinski definition) is 2. The summed E-state index contributed by atoms with van der Waals surface area (Å²) in [5.74, 6) is 0.243. The standard InChI is InChI=1S/C6H15NO/c1-5(2)6(3,8)4-7/h5,8H,4,7H2,1-3H3/t6-/m0/s1. The Balaban J connectivity index is 3.71. The number of rotatable bonds is 2. The molecule has 0 aliphatic rings. The van der Waals surface area contributed by atoms with Crippen molar-refractivity contribution in [2.45, 2.75) is 26.4 Å². The van der Waals surface area contributed by atoms with Crippen molar-refractivity contribution in [1.29, 1.82) is 0 Å². The Morgan fingerprint density at radius 3 is 2.00 bits per heavy atom.